The highest BCUT2D eigenvalue weighted by Gasteiger charge is 2.48. The molecule has 0 aromatic carbocycles. The molecule has 2 aromatic heterocycles. The molecule has 0 amide bonds. The van der Waals surface area contributed by atoms with Gasteiger partial charge in [0.25, 0.3) is 0 Å². The van der Waals surface area contributed by atoms with Crippen molar-refractivity contribution in [3.63, 3.8) is 0 Å². The van der Waals surface area contributed by atoms with E-state index in [4.69, 9.17) is 20.4 Å². The quantitative estimate of drug-likeness (QED) is 0.749. The van der Waals surface area contributed by atoms with E-state index in [1.54, 1.807) is 6.20 Å². The first-order chi connectivity index (χ1) is 15.5. The Labute approximate surface area is 185 Å². The van der Waals surface area contributed by atoms with Gasteiger partial charge in [-0.3, -0.25) is 0 Å². The van der Waals surface area contributed by atoms with Crippen LogP contribution in [0.25, 0.3) is 11.3 Å². The predicted octanol–water partition coefficient (Wildman–Crippen LogP) is 3.92. The van der Waals surface area contributed by atoms with Crippen LogP contribution in [0.15, 0.2) is 18.3 Å². The number of hydrogen-bond donors (Lipinski definition) is 1. The third kappa shape index (κ3) is 3.37. The van der Waals surface area contributed by atoms with Crippen molar-refractivity contribution >= 4 is 11.6 Å². The molecule has 0 spiro atoms. The van der Waals surface area contributed by atoms with Crippen molar-refractivity contribution in [1.29, 1.82) is 0 Å². The number of nitrogens with zero attached hydrogens (tertiary/aromatic N) is 4. The molecular formula is C23H27F2N5O2. The van der Waals surface area contributed by atoms with E-state index in [1.807, 2.05) is 6.07 Å². The lowest BCUT2D eigenvalue weighted by Gasteiger charge is -2.46. The lowest BCUT2D eigenvalue weighted by molar-refractivity contribution is -0.0494. The summed E-state index contributed by atoms with van der Waals surface area (Å²) in [6.45, 7) is -1.44. The van der Waals surface area contributed by atoms with Gasteiger partial charge in [-0.05, 0) is 56.9 Å². The zero-order valence-electron chi connectivity index (χ0n) is 17.8. The zero-order chi connectivity index (χ0) is 21.9. The monoisotopic (exact) mass is 443 g/mol. The Bertz CT molecular complexity index is 1020. The average molecular weight is 443 g/mol. The van der Waals surface area contributed by atoms with Crippen LogP contribution in [0.1, 0.15) is 50.8 Å². The van der Waals surface area contributed by atoms with Crippen LogP contribution in [-0.4, -0.2) is 46.9 Å². The molecule has 3 aliphatic heterocycles. The Hall–Kier alpha value is -2.55. The number of halogens is 2. The summed E-state index contributed by atoms with van der Waals surface area (Å²) >= 11 is 0. The number of anilines is 2. The summed E-state index contributed by atoms with van der Waals surface area (Å²) in [7, 11) is 0. The zero-order valence-corrected chi connectivity index (χ0v) is 17.8. The van der Waals surface area contributed by atoms with Crippen molar-refractivity contribution in [3.8, 4) is 17.0 Å². The van der Waals surface area contributed by atoms with Crippen molar-refractivity contribution in [1.82, 2.24) is 15.0 Å². The molecular weight excluding hydrogens is 416 g/mol. The minimum atomic E-state index is -2.97. The Morgan fingerprint density at radius 1 is 1.16 bits per heavy atom. The van der Waals surface area contributed by atoms with E-state index in [9.17, 15) is 8.78 Å². The standard InChI is InChI=1S/C23H27F2N5O2/c24-22(25)32-18-7-14(10-27-20(18)26)17-8-19(30-11-16-2-1-15(30)12-31-16)29-21(28-17)23-5-3-13(9-23)4-6-23/h7-8,10,13,15-16,22H,1-6,9,11-12H2,(H2,26,27)/t13?,15-,16-,23?/m0/s1. The summed E-state index contributed by atoms with van der Waals surface area (Å²) in [5.41, 5.74) is 7.04. The molecule has 9 heteroatoms. The number of fused-ring (bicyclic) bond motifs is 5. The van der Waals surface area contributed by atoms with Crippen molar-refractivity contribution in [3.05, 3.63) is 24.2 Å². The molecule has 4 bridgehead atoms. The maximum Gasteiger partial charge on any atom is 0.387 e. The number of alkyl halides is 2. The molecule has 2 N–H and O–H groups in total. The van der Waals surface area contributed by atoms with E-state index >= 15 is 0 Å². The van der Waals surface area contributed by atoms with Crippen LogP contribution in [0.2, 0.25) is 0 Å². The van der Waals surface area contributed by atoms with E-state index in [2.05, 4.69) is 14.6 Å². The van der Waals surface area contributed by atoms with Gasteiger partial charge in [-0.1, -0.05) is 0 Å². The Balaban J connectivity index is 1.44. The number of hydrogen-bond acceptors (Lipinski definition) is 7. The molecule has 2 aromatic rings. The minimum Gasteiger partial charge on any atom is -0.431 e. The van der Waals surface area contributed by atoms with Gasteiger partial charge in [-0.15, -0.1) is 0 Å². The van der Waals surface area contributed by atoms with Crippen LogP contribution >= 0.6 is 0 Å². The number of pyridine rings is 1. The second kappa shape index (κ2) is 7.50. The summed E-state index contributed by atoms with van der Waals surface area (Å²) in [6.07, 6.45) is 9.75. The Kier molecular flexibility index (Phi) is 4.71. The molecule has 7 nitrogen and oxygen atoms in total. The number of aromatic nitrogens is 3. The van der Waals surface area contributed by atoms with Gasteiger partial charge in [-0.2, -0.15) is 8.78 Å². The van der Waals surface area contributed by atoms with E-state index in [0.29, 0.717) is 23.9 Å². The first kappa shape index (κ1) is 20.1. The largest absolute Gasteiger partial charge is 0.431 e. The Morgan fingerprint density at radius 3 is 2.62 bits per heavy atom. The highest BCUT2D eigenvalue weighted by Crippen LogP contribution is 2.54. The molecule has 5 aliphatic rings. The molecule has 7 rings (SSSR count). The summed E-state index contributed by atoms with van der Waals surface area (Å²) in [5.74, 6) is 2.32. The molecule has 5 heterocycles. The van der Waals surface area contributed by atoms with Crippen molar-refractivity contribution in [2.45, 2.75) is 69.1 Å². The van der Waals surface area contributed by atoms with Crippen LogP contribution < -0.4 is 15.4 Å². The minimum absolute atomic E-state index is 0.0181. The molecule has 2 atom stereocenters. The first-order valence-electron chi connectivity index (χ1n) is 11.5. The normalized spacial score (nSPS) is 31.0. The van der Waals surface area contributed by atoms with Crippen molar-refractivity contribution < 1.29 is 18.3 Å². The van der Waals surface area contributed by atoms with Crippen molar-refractivity contribution in [2.75, 3.05) is 23.8 Å². The van der Waals surface area contributed by atoms with Crippen LogP contribution in [0.5, 0.6) is 5.75 Å². The van der Waals surface area contributed by atoms with E-state index in [-0.39, 0.29) is 23.1 Å². The van der Waals surface area contributed by atoms with Crippen molar-refractivity contribution in [2.24, 2.45) is 5.92 Å². The lowest BCUT2D eigenvalue weighted by Crippen LogP contribution is -2.55. The molecule has 0 radical (unpaired) electrons. The van der Waals surface area contributed by atoms with Gasteiger partial charge in [0.15, 0.2) is 11.6 Å². The van der Waals surface area contributed by atoms with Gasteiger partial charge >= 0.3 is 6.61 Å². The smallest absolute Gasteiger partial charge is 0.387 e. The topological polar surface area (TPSA) is 86.4 Å². The van der Waals surface area contributed by atoms with Gasteiger partial charge in [0.1, 0.15) is 11.6 Å². The summed E-state index contributed by atoms with van der Waals surface area (Å²) in [5, 5.41) is 0. The van der Waals surface area contributed by atoms with E-state index in [0.717, 1.165) is 56.2 Å². The molecule has 32 heavy (non-hydrogen) atoms. The van der Waals surface area contributed by atoms with Crippen LogP contribution in [0.4, 0.5) is 20.4 Å². The van der Waals surface area contributed by atoms with Crippen LogP contribution in [0.3, 0.4) is 0 Å². The number of nitrogen functional groups attached to an aromatic ring is 1. The highest BCUT2D eigenvalue weighted by molar-refractivity contribution is 5.67. The number of rotatable bonds is 5. The molecule has 2 aliphatic carbocycles. The molecule has 2 saturated carbocycles. The highest BCUT2D eigenvalue weighted by atomic mass is 19.3. The molecule has 3 saturated heterocycles. The third-order valence-corrected chi connectivity index (χ3v) is 7.80. The van der Waals surface area contributed by atoms with E-state index in [1.165, 1.54) is 18.9 Å². The summed E-state index contributed by atoms with van der Waals surface area (Å²) in [6, 6.07) is 3.75. The predicted molar refractivity (Wildman–Crippen MR) is 115 cm³/mol. The fourth-order valence-corrected chi connectivity index (χ4v) is 6.09. The second-order valence-corrected chi connectivity index (χ2v) is 9.69. The number of morpholine rings is 1. The summed E-state index contributed by atoms with van der Waals surface area (Å²) in [4.78, 5) is 16.5. The number of piperidine rings is 1. The van der Waals surface area contributed by atoms with Gasteiger partial charge in [0.2, 0.25) is 0 Å². The van der Waals surface area contributed by atoms with Gasteiger partial charge < -0.3 is 20.1 Å². The van der Waals surface area contributed by atoms with Gasteiger partial charge in [0.05, 0.1) is 24.4 Å². The average Bonchev–Trinajstić information content (AvgIpc) is 3.43. The van der Waals surface area contributed by atoms with E-state index < -0.39 is 6.61 Å². The fraction of sp³-hybridized carbons (Fsp3) is 0.609. The lowest BCUT2D eigenvalue weighted by atomic mass is 9.83. The maximum atomic E-state index is 12.8. The van der Waals surface area contributed by atoms with Gasteiger partial charge in [0, 0.05) is 29.8 Å². The number of ether oxygens (including phenoxy) is 2. The SMILES string of the molecule is Nc1ncc(-c2cc(N3C[C@@H]4CC[C@H]3CO4)nc(C34CCC(CC3)C4)n2)cc1OC(F)F. The first-order valence-corrected chi connectivity index (χ1v) is 11.5. The summed E-state index contributed by atoms with van der Waals surface area (Å²) < 4.78 is 36.2. The fourth-order valence-electron chi connectivity index (χ4n) is 6.09. The number of nitrogens with two attached hydrogens (primary N) is 1. The second-order valence-electron chi connectivity index (χ2n) is 9.69. The van der Waals surface area contributed by atoms with Crippen LogP contribution in [0, 0.1) is 5.92 Å². The Morgan fingerprint density at radius 2 is 2.00 bits per heavy atom. The molecule has 170 valence electrons. The third-order valence-electron chi connectivity index (χ3n) is 7.80. The maximum absolute atomic E-state index is 12.8. The van der Waals surface area contributed by atoms with Crippen LogP contribution in [-0.2, 0) is 10.2 Å². The molecule has 5 fully saturated rings. The van der Waals surface area contributed by atoms with Gasteiger partial charge in [-0.25, -0.2) is 15.0 Å². The molecule has 0 unspecified atom stereocenters.